The van der Waals surface area contributed by atoms with Crippen molar-refractivity contribution in [2.75, 3.05) is 5.32 Å². The van der Waals surface area contributed by atoms with E-state index >= 15 is 0 Å². The zero-order chi connectivity index (χ0) is 13.9. The number of nitrogens with one attached hydrogen (secondary N) is 1. The first kappa shape index (κ1) is 13.2. The molecule has 3 aromatic rings. The van der Waals surface area contributed by atoms with Gasteiger partial charge in [-0.15, -0.1) is 0 Å². The summed E-state index contributed by atoms with van der Waals surface area (Å²) < 4.78 is 8.86. The molecule has 0 spiro atoms. The van der Waals surface area contributed by atoms with Gasteiger partial charge < -0.3 is 0 Å². The number of phenolic OH excluding ortho intramolecular Hbond substituents is 1. The molecule has 2 aromatic carbocycles. The Labute approximate surface area is 123 Å². The molecule has 0 aliphatic rings. The van der Waals surface area contributed by atoms with Gasteiger partial charge >= 0.3 is 123 Å². The fourth-order valence-corrected chi connectivity index (χ4v) is 3.45. The number of benzene rings is 2. The molecule has 102 valence electrons. The van der Waals surface area contributed by atoms with Crippen LogP contribution < -0.4 is 5.32 Å². The van der Waals surface area contributed by atoms with E-state index in [-0.39, 0.29) is 21.0 Å². The Balaban J connectivity index is 1.96. The molecule has 0 saturated carbocycles. The van der Waals surface area contributed by atoms with Gasteiger partial charge in [-0.2, -0.15) is 0 Å². The molecule has 0 radical (unpaired) electrons. The van der Waals surface area contributed by atoms with Crippen LogP contribution in [0.5, 0.6) is 5.75 Å². The Kier molecular flexibility index (Phi) is 3.72. The van der Waals surface area contributed by atoms with Crippen LogP contribution in [0.4, 0.5) is 5.69 Å². The van der Waals surface area contributed by atoms with Crippen molar-refractivity contribution in [2.24, 2.45) is 0 Å². The number of aromatic nitrogens is 2. The van der Waals surface area contributed by atoms with Crippen LogP contribution in [-0.2, 0) is 0 Å². The molecule has 3 rings (SSSR count). The van der Waals surface area contributed by atoms with Crippen molar-refractivity contribution in [2.45, 2.75) is 19.4 Å². The van der Waals surface area contributed by atoms with Crippen molar-refractivity contribution in [3.63, 3.8) is 0 Å². The van der Waals surface area contributed by atoms with Gasteiger partial charge in [-0.3, -0.25) is 0 Å². The minimum absolute atomic E-state index is 0.0310. The molecule has 0 aliphatic carbocycles. The number of hydrogen-bond acceptors (Lipinski definition) is 4. The second-order valence-corrected chi connectivity index (χ2v) is 5.71. The standard InChI is InChI=1S/C15H15N3OSe/c1-2-11(10-6-3-4-9-14(10)19)16-12-7-5-8-13-15(12)18-20-17-13/h3-9,11,16,19H,2H2,1H3. The van der Waals surface area contributed by atoms with E-state index in [1.165, 1.54) is 0 Å². The summed E-state index contributed by atoms with van der Waals surface area (Å²) >= 11 is -0.0310. The third-order valence-corrected chi connectivity index (χ3v) is 4.47. The molecule has 1 atom stereocenters. The number of nitrogens with zero attached hydrogens (tertiary/aromatic N) is 2. The number of rotatable bonds is 4. The zero-order valence-corrected chi connectivity index (χ0v) is 12.8. The summed E-state index contributed by atoms with van der Waals surface area (Å²) in [6.45, 7) is 2.10. The van der Waals surface area contributed by atoms with Gasteiger partial charge in [-0.05, 0) is 0 Å². The number of hydrogen-bond donors (Lipinski definition) is 2. The number of para-hydroxylation sites is 1. The predicted molar refractivity (Wildman–Crippen MR) is 81.2 cm³/mol. The monoisotopic (exact) mass is 333 g/mol. The number of fused-ring (bicyclic) bond motifs is 1. The summed E-state index contributed by atoms with van der Waals surface area (Å²) in [4.78, 5) is 0. The quantitative estimate of drug-likeness (QED) is 0.721. The Hall–Kier alpha value is -1.84. The molecule has 20 heavy (non-hydrogen) atoms. The van der Waals surface area contributed by atoms with Gasteiger partial charge in [0, 0.05) is 0 Å². The summed E-state index contributed by atoms with van der Waals surface area (Å²) in [7, 11) is 0. The summed E-state index contributed by atoms with van der Waals surface area (Å²) in [5, 5.41) is 13.5. The van der Waals surface area contributed by atoms with Crippen LogP contribution >= 0.6 is 0 Å². The maximum absolute atomic E-state index is 10.0. The molecule has 5 heteroatoms. The summed E-state index contributed by atoms with van der Waals surface area (Å²) in [6, 6.07) is 13.5. The van der Waals surface area contributed by atoms with Gasteiger partial charge in [0.15, 0.2) is 0 Å². The third-order valence-electron chi connectivity index (χ3n) is 3.34. The minimum atomic E-state index is -0.0310. The third kappa shape index (κ3) is 2.42. The van der Waals surface area contributed by atoms with Gasteiger partial charge in [0.05, 0.1) is 0 Å². The average molecular weight is 332 g/mol. The van der Waals surface area contributed by atoms with E-state index in [1.54, 1.807) is 6.07 Å². The summed E-state index contributed by atoms with van der Waals surface area (Å²) in [5.41, 5.74) is 3.80. The second kappa shape index (κ2) is 5.65. The van der Waals surface area contributed by atoms with E-state index in [0.29, 0.717) is 5.75 Å². The Bertz CT molecular complexity index is 726. The number of anilines is 1. The molecule has 1 unspecified atom stereocenters. The van der Waals surface area contributed by atoms with E-state index in [9.17, 15) is 5.11 Å². The molecule has 2 N–H and O–H groups in total. The van der Waals surface area contributed by atoms with Crippen molar-refractivity contribution in [1.29, 1.82) is 0 Å². The van der Waals surface area contributed by atoms with Crippen molar-refractivity contribution in [1.82, 2.24) is 7.96 Å². The first-order valence-electron chi connectivity index (χ1n) is 6.55. The summed E-state index contributed by atoms with van der Waals surface area (Å²) in [5.74, 6) is 0.324. The van der Waals surface area contributed by atoms with Crippen LogP contribution in [0.2, 0.25) is 0 Å². The maximum atomic E-state index is 10.0. The van der Waals surface area contributed by atoms with Gasteiger partial charge in [0.25, 0.3) is 0 Å². The van der Waals surface area contributed by atoms with Gasteiger partial charge in [-0.1, -0.05) is 0 Å². The first-order chi connectivity index (χ1) is 9.79. The molecule has 0 bridgehead atoms. The van der Waals surface area contributed by atoms with Crippen LogP contribution in [0, 0.1) is 0 Å². The molecular formula is C15H15N3OSe. The second-order valence-electron chi connectivity index (χ2n) is 4.60. The van der Waals surface area contributed by atoms with Gasteiger partial charge in [0.2, 0.25) is 0 Å². The van der Waals surface area contributed by atoms with Gasteiger partial charge in [-0.25, -0.2) is 0 Å². The molecule has 1 aromatic heterocycles. The van der Waals surface area contributed by atoms with Crippen LogP contribution in [0.15, 0.2) is 42.5 Å². The zero-order valence-electron chi connectivity index (χ0n) is 11.1. The van der Waals surface area contributed by atoms with E-state index in [1.807, 2.05) is 36.4 Å². The van der Waals surface area contributed by atoms with E-state index < -0.39 is 0 Å². The Morgan fingerprint density at radius 3 is 2.80 bits per heavy atom. The molecule has 4 nitrogen and oxygen atoms in total. The Morgan fingerprint density at radius 2 is 2.00 bits per heavy atom. The van der Waals surface area contributed by atoms with E-state index in [4.69, 9.17) is 0 Å². The summed E-state index contributed by atoms with van der Waals surface area (Å²) in [6.07, 6.45) is 0.878. The normalized spacial score (nSPS) is 12.4. The SMILES string of the molecule is CCC(Nc1cccc2n[se]nc12)c1ccccc1O. The molecular weight excluding hydrogens is 317 g/mol. The fraction of sp³-hybridized carbons (Fsp3) is 0.200. The molecule has 0 amide bonds. The van der Waals surface area contributed by atoms with Crippen molar-refractivity contribution in [3.05, 3.63) is 48.0 Å². The number of aromatic hydroxyl groups is 1. The van der Waals surface area contributed by atoms with Crippen molar-refractivity contribution in [3.8, 4) is 5.75 Å². The van der Waals surface area contributed by atoms with E-state index in [0.717, 1.165) is 28.7 Å². The fourth-order valence-electron chi connectivity index (χ4n) is 2.29. The average Bonchev–Trinajstić information content (AvgIpc) is 2.95. The predicted octanol–water partition coefficient (Wildman–Crippen LogP) is 2.96. The Morgan fingerprint density at radius 1 is 1.15 bits per heavy atom. The van der Waals surface area contributed by atoms with Crippen LogP contribution in [-0.4, -0.2) is 28.0 Å². The topological polar surface area (TPSA) is 58.0 Å². The van der Waals surface area contributed by atoms with Crippen LogP contribution in [0.25, 0.3) is 11.0 Å². The molecule has 1 heterocycles. The van der Waals surface area contributed by atoms with Crippen LogP contribution in [0.3, 0.4) is 0 Å². The van der Waals surface area contributed by atoms with Crippen molar-refractivity contribution >= 4 is 31.7 Å². The van der Waals surface area contributed by atoms with Crippen LogP contribution in [0.1, 0.15) is 24.9 Å². The molecule has 0 saturated heterocycles. The molecule has 0 fully saturated rings. The van der Waals surface area contributed by atoms with Gasteiger partial charge in [0.1, 0.15) is 0 Å². The molecule has 0 aliphatic heterocycles. The number of phenols is 1. The van der Waals surface area contributed by atoms with Crippen molar-refractivity contribution < 1.29 is 5.11 Å². The first-order valence-corrected chi connectivity index (χ1v) is 8.08. The van der Waals surface area contributed by atoms with E-state index in [2.05, 4.69) is 20.2 Å².